The highest BCUT2D eigenvalue weighted by molar-refractivity contribution is 6.28. The Morgan fingerprint density at radius 1 is 1.27 bits per heavy atom. The summed E-state index contributed by atoms with van der Waals surface area (Å²) in [4.78, 5) is 6.89. The summed E-state index contributed by atoms with van der Waals surface area (Å²) >= 11 is 7.43. The number of hydrogen-bond donors (Lipinski definition) is 3. The number of benzene rings is 1. The van der Waals surface area contributed by atoms with Crippen LogP contribution in [0.5, 0.6) is 0 Å². The van der Waals surface area contributed by atoms with Gasteiger partial charge in [-0.1, -0.05) is 56.7 Å². The molecule has 0 amide bonds. The van der Waals surface area contributed by atoms with Gasteiger partial charge in [-0.25, -0.2) is 4.98 Å². The molecule has 1 aliphatic rings. The zero-order valence-corrected chi connectivity index (χ0v) is 17.8. The van der Waals surface area contributed by atoms with Crippen molar-refractivity contribution >= 4 is 22.7 Å². The molecule has 0 radical (unpaired) electrons. The van der Waals surface area contributed by atoms with Gasteiger partial charge in [0.05, 0.1) is 11.5 Å². The highest BCUT2D eigenvalue weighted by Gasteiger charge is 2.47. The van der Waals surface area contributed by atoms with Gasteiger partial charge in [0.1, 0.15) is 5.82 Å². The van der Waals surface area contributed by atoms with Crippen molar-refractivity contribution < 1.29 is 5.11 Å². The highest BCUT2D eigenvalue weighted by Crippen LogP contribution is 2.53. The Morgan fingerprint density at radius 3 is 2.67 bits per heavy atom. The quantitative estimate of drug-likeness (QED) is 0.498. The summed E-state index contributed by atoms with van der Waals surface area (Å²) < 4.78 is 0. The smallest absolute Gasteiger partial charge is 0.201 e. The SMILES string of the molecule is CCC(C)C(c1ncc[nH]1)C1(Cl)CC(c2nn[nH]n2)=C(c2ccccc2)C=C1CO. The molecule has 30 heavy (non-hydrogen) atoms. The number of halogens is 1. The molecule has 0 aliphatic heterocycles. The Kier molecular flexibility index (Phi) is 5.83. The minimum absolute atomic E-state index is 0.128. The number of imidazole rings is 1. The van der Waals surface area contributed by atoms with E-state index < -0.39 is 4.87 Å². The second-order valence-corrected chi connectivity index (χ2v) is 8.37. The van der Waals surface area contributed by atoms with Crippen LogP contribution in [0.3, 0.4) is 0 Å². The number of alkyl halides is 1. The summed E-state index contributed by atoms with van der Waals surface area (Å²) in [5, 5.41) is 25.1. The molecule has 8 heteroatoms. The molecule has 0 fully saturated rings. The molecule has 3 unspecified atom stereocenters. The molecule has 3 N–H and O–H groups in total. The third kappa shape index (κ3) is 3.59. The van der Waals surface area contributed by atoms with Crippen LogP contribution < -0.4 is 0 Å². The number of aromatic nitrogens is 6. The molecule has 7 nitrogen and oxygen atoms in total. The van der Waals surface area contributed by atoms with Gasteiger partial charge in [-0.15, -0.1) is 21.8 Å². The number of H-pyrrole nitrogens is 2. The highest BCUT2D eigenvalue weighted by atomic mass is 35.5. The normalized spacial score (nSPS) is 21.4. The molecule has 4 rings (SSSR count). The maximum absolute atomic E-state index is 10.4. The molecule has 2 heterocycles. The molecule has 3 aromatic rings. The van der Waals surface area contributed by atoms with Crippen molar-refractivity contribution in [2.45, 2.75) is 37.5 Å². The molecule has 0 spiro atoms. The molecular weight excluding hydrogens is 400 g/mol. The van der Waals surface area contributed by atoms with Gasteiger partial charge in [-0.3, -0.25) is 0 Å². The van der Waals surface area contributed by atoms with Gasteiger partial charge in [-0.05, 0) is 27.8 Å². The first kappa shape index (κ1) is 20.5. The Morgan fingerprint density at radius 2 is 2.07 bits per heavy atom. The van der Waals surface area contributed by atoms with Crippen molar-refractivity contribution in [2.24, 2.45) is 5.92 Å². The second kappa shape index (κ2) is 8.53. The molecule has 1 aromatic carbocycles. The van der Waals surface area contributed by atoms with E-state index in [1.54, 1.807) is 6.20 Å². The summed E-state index contributed by atoms with van der Waals surface area (Å²) in [6.45, 7) is 4.15. The average Bonchev–Trinajstić information content (AvgIpc) is 3.48. The van der Waals surface area contributed by atoms with Crippen molar-refractivity contribution in [2.75, 3.05) is 6.61 Å². The van der Waals surface area contributed by atoms with Crippen LogP contribution >= 0.6 is 11.6 Å². The van der Waals surface area contributed by atoms with E-state index in [0.29, 0.717) is 12.2 Å². The predicted octanol–water partition coefficient (Wildman–Crippen LogP) is 3.96. The van der Waals surface area contributed by atoms with E-state index in [-0.39, 0.29) is 18.4 Å². The molecule has 3 atom stereocenters. The lowest BCUT2D eigenvalue weighted by Gasteiger charge is -2.42. The van der Waals surface area contributed by atoms with Gasteiger partial charge < -0.3 is 10.1 Å². The summed E-state index contributed by atoms with van der Waals surface area (Å²) in [7, 11) is 0. The third-order valence-corrected chi connectivity index (χ3v) is 6.61. The van der Waals surface area contributed by atoms with E-state index >= 15 is 0 Å². The number of allylic oxidation sites excluding steroid dienone is 3. The van der Waals surface area contributed by atoms with Gasteiger partial charge in [0.2, 0.25) is 5.82 Å². The minimum atomic E-state index is -0.879. The fourth-order valence-electron chi connectivity index (χ4n) is 4.32. The van der Waals surface area contributed by atoms with Gasteiger partial charge >= 0.3 is 0 Å². The van der Waals surface area contributed by atoms with E-state index in [9.17, 15) is 5.11 Å². The first-order valence-corrected chi connectivity index (χ1v) is 10.5. The van der Waals surface area contributed by atoms with Crippen LogP contribution in [-0.2, 0) is 0 Å². The van der Waals surface area contributed by atoms with Crippen LogP contribution in [0.1, 0.15) is 49.8 Å². The van der Waals surface area contributed by atoms with Crippen molar-refractivity contribution in [3.05, 3.63) is 71.6 Å². The zero-order chi connectivity index (χ0) is 21.1. The summed E-state index contributed by atoms with van der Waals surface area (Å²) in [6, 6.07) is 9.99. The number of nitrogens with one attached hydrogen (secondary N) is 2. The monoisotopic (exact) mass is 424 g/mol. The van der Waals surface area contributed by atoms with E-state index in [2.05, 4.69) is 44.4 Å². The summed E-state index contributed by atoms with van der Waals surface area (Å²) in [5.74, 6) is 1.42. The Hall–Kier alpha value is -2.77. The maximum atomic E-state index is 10.4. The molecule has 1 aliphatic carbocycles. The Balaban J connectivity index is 1.90. The molecule has 0 bridgehead atoms. The summed E-state index contributed by atoms with van der Waals surface area (Å²) in [6.07, 6.45) is 6.89. The number of hydrogen-bond acceptors (Lipinski definition) is 5. The number of aromatic amines is 2. The third-order valence-electron chi connectivity index (χ3n) is 6.00. The number of aliphatic hydroxyl groups is 1. The van der Waals surface area contributed by atoms with Crippen molar-refractivity contribution in [1.82, 2.24) is 30.6 Å². The van der Waals surface area contributed by atoms with E-state index in [1.807, 2.05) is 42.6 Å². The molecule has 2 aromatic heterocycles. The van der Waals surface area contributed by atoms with Crippen molar-refractivity contribution in [1.29, 1.82) is 0 Å². The second-order valence-electron chi connectivity index (χ2n) is 7.70. The number of aliphatic hydroxyl groups excluding tert-OH is 1. The largest absolute Gasteiger partial charge is 0.392 e. The first-order chi connectivity index (χ1) is 14.6. The number of rotatable bonds is 7. The van der Waals surface area contributed by atoms with Crippen LogP contribution in [0.25, 0.3) is 11.1 Å². The molecular formula is C22H25ClN6O. The van der Waals surface area contributed by atoms with E-state index in [1.165, 1.54) is 0 Å². The van der Waals surface area contributed by atoms with E-state index in [4.69, 9.17) is 11.6 Å². The first-order valence-electron chi connectivity index (χ1n) is 10.1. The Labute approximate surface area is 180 Å². The summed E-state index contributed by atoms with van der Waals surface area (Å²) in [5.41, 5.74) is 3.61. The van der Waals surface area contributed by atoms with Gasteiger partial charge in [0.15, 0.2) is 0 Å². The Bertz CT molecular complexity index is 1030. The van der Waals surface area contributed by atoms with Crippen LogP contribution in [-0.4, -0.2) is 47.2 Å². The lowest BCUT2D eigenvalue weighted by molar-refractivity contribution is 0.290. The number of nitrogens with zero attached hydrogens (tertiary/aromatic N) is 4. The van der Waals surface area contributed by atoms with Crippen LogP contribution in [0.4, 0.5) is 0 Å². The molecule has 0 saturated heterocycles. The van der Waals surface area contributed by atoms with Crippen LogP contribution in [0.15, 0.2) is 54.4 Å². The topological polar surface area (TPSA) is 103 Å². The minimum Gasteiger partial charge on any atom is -0.392 e. The lowest BCUT2D eigenvalue weighted by atomic mass is 9.69. The molecule has 156 valence electrons. The van der Waals surface area contributed by atoms with Crippen molar-refractivity contribution in [3.8, 4) is 0 Å². The predicted molar refractivity (Wildman–Crippen MR) is 117 cm³/mol. The zero-order valence-electron chi connectivity index (χ0n) is 17.0. The fraction of sp³-hybridized carbons (Fsp3) is 0.364. The molecule has 0 saturated carbocycles. The average molecular weight is 425 g/mol. The van der Waals surface area contributed by atoms with E-state index in [0.717, 1.165) is 34.5 Å². The number of tetrazole rings is 1. The van der Waals surface area contributed by atoms with Crippen LogP contribution in [0, 0.1) is 5.92 Å². The standard InChI is InChI=1S/C22H25ClN6O/c1-3-14(2)19(21-24-9-10-25-21)22(23)12-18(20-26-28-29-27-20)17(11-16(22)13-30)15-7-5-4-6-8-15/h4-11,14,19,30H,3,12-13H2,1-2H3,(H,24,25)(H,26,27,28,29). The maximum Gasteiger partial charge on any atom is 0.201 e. The van der Waals surface area contributed by atoms with Gasteiger partial charge in [0, 0.05) is 30.3 Å². The van der Waals surface area contributed by atoms with Gasteiger partial charge in [-0.2, -0.15) is 5.21 Å². The van der Waals surface area contributed by atoms with Crippen LogP contribution in [0.2, 0.25) is 0 Å². The van der Waals surface area contributed by atoms with Crippen molar-refractivity contribution in [3.63, 3.8) is 0 Å². The van der Waals surface area contributed by atoms with Gasteiger partial charge in [0.25, 0.3) is 0 Å². The fourth-order valence-corrected chi connectivity index (χ4v) is 4.89. The lowest BCUT2D eigenvalue weighted by Crippen LogP contribution is -2.40.